The van der Waals surface area contributed by atoms with Crippen molar-refractivity contribution in [1.29, 1.82) is 0 Å². The number of aliphatic hydroxyl groups excluding tert-OH is 3. The van der Waals surface area contributed by atoms with Crippen LogP contribution in [0.2, 0.25) is 0 Å². The third kappa shape index (κ3) is 10.3. The molecule has 3 aromatic rings. The Morgan fingerprint density at radius 3 is 0.891 bits per heavy atom. The summed E-state index contributed by atoms with van der Waals surface area (Å²) in [6.45, 7) is 2.45. The average Bonchev–Trinajstić information content (AvgIpc) is 3.16. The van der Waals surface area contributed by atoms with E-state index in [0.29, 0.717) is 38.5 Å². The molecule has 308 valence electrons. The lowest BCUT2D eigenvalue weighted by atomic mass is 10.1. The highest BCUT2D eigenvalue weighted by molar-refractivity contribution is 5.25. The number of nitrogens with zero attached hydrogens (tertiary/aromatic N) is 7. The van der Waals surface area contributed by atoms with Crippen LogP contribution in [-0.2, 0) is 58.5 Å². The Morgan fingerprint density at radius 2 is 0.673 bits per heavy atom. The van der Waals surface area contributed by atoms with E-state index in [0.717, 1.165) is 27.4 Å². The molecule has 0 aliphatic rings. The molecule has 0 aliphatic carbocycles. The van der Waals surface area contributed by atoms with Crippen molar-refractivity contribution >= 4 is 0 Å². The van der Waals surface area contributed by atoms with Crippen molar-refractivity contribution in [2.75, 3.05) is 39.5 Å². The molecule has 55 heavy (non-hydrogen) atoms. The number of rotatable bonds is 24. The minimum Gasteiger partial charge on any atom is -0.494 e. The molecule has 0 fully saturated rings. The molecule has 0 saturated heterocycles. The Bertz CT molecular complexity index is 1870. The third-order valence-electron chi connectivity index (χ3n) is 9.70. The molecular weight excluding hydrogens is 722 g/mol. The molecular formula is C36H57N7O12. The fourth-order valence-electron chi connectivity index (χ4n) is 6.51. The number of aromatic nitrogens is 6. The molecule has 3 rings (SSSR count). The second kappa shape index (κ2) is 21.4. The van der Waals surface area contributed by atoms with Gasteiger partial charge in [0, 0.05) is 39.3 Å². The standard InChI is InChI=1S/C36H57N7O12/c1-4-7-10-25-28(47)38(34(53)41(19-22-44)31(25)50)16-13-37(14-17-39-29(48)26(11-8-5-2)32(51)42(20-23-45)35(39)54)15-18-40-30(49)27(12-9-6-3)33(52)43(21-24-46)36(40)55/h44-49H,4-24H2,1-3H3. The topological polar surface area (TPSA) is 257 Å². The van der Waals surface area contributed by atoms with E-state index >= 15 is 0 Å². The van der Waals surface area contributed by atoms with E-state index in [1.165, 1.54) is 0 Å². The summed E-state index contributed by atoms with van der Waals surface area (Å²) in [6, 6.07) is 0. The van der Waals surface area contributed by atoms with Crippen molar-refractivity contribution in [1.82, 2.24) is 32.3 Å². The zero-order valence-electron chi connectivity index (χ0n) is 32.1. The molecule has 0 bridgehead atoms. The van der Waals surface area contributed by atoms with Gasteiger partial charge in [-0.2, -0.15) is 0 Å². The number of hydrogen-bond acceptors (Lipinski definition) is 13. The van der Waals surface area contributed by atoms with Gasteiger partial charge in [-0.05, 0) is 38.5 Å². The van der Waals surface area contributed by atoms with Crippen molar-refractivity contribution < 1.29 is 30.6 Å². The molecule has 0 aromatic carbocycles. The highest BCUT2D eigenvalue weighted by Crippen LogP contribution is 2.17. The number of aliphatic hydroxyl groups is 3. The molecule has 6 N–H and O–H groups in total. The van der Waals surface area contributed by atoms with Gasteiger partial charge in [-0.15, -0.1) is 0 Å². The lowest BCUT2D eigenvalue weighted by molar-refractivity contribution is 0.218. The molecule has 0 spiro atoms. The summed E-state index contributed by atoms with van der Waals surface area (Å²) in [5.74, 6) is -1.60. The van der Waals surface area contributed by atoms with Gasteiger partial charge in [0.1, 0.15) is 0 Å². The summed E-state index contributed by atoms with van der Waals surface area (Å²) in [7, 11) is 0. The summed E-state index contributed by atoms with van der Waals surface area (Å²) >= 11 is 0. The van der Waals surface area contributed by atoms with E-state index < -0.39 is 71.2 Å². The lowest BCUT2D eigenvalue weighted by Gasteiger charge is -2.26. The van der Waals surface area contributed by atoms with Crippen LogP contribution >= 0.6 is 0 Å². The van der Waals surface area contributed by atoms with Crippen LogP contribution in [0.15, 0.2) is 28.8 Å². The number of unbranched alkanes of at least 4 members (excludes halogenated alkanes) is 3. The fourth-order valence-corrected chi connectivity index (χ4v) is 6.51. The Hall–Kier alpha value is -4.72. The summed E-state index contributed by atoms with van der Waals surface area (Å²) in [4.78, 5) is 81.3. The molecule has 3 heterocycles. The normalized spacial score (nSPS) is 11.6. The van der Waals surface area contributed by atoms with Crippen LogP contribution in [-0.4, -0.2) is 102 Å². The Balaban J connectivity index is 2.14. The van der Waals surface area contributed by atoms with E-state index in [1.54, 1.807) is 4.90 Å². The highest BCUT2D eigenvalue weighted by Gasteiger charge is 2.23. The van der Waals surface area contributed by atoms with Gasteiger partial charge >= 0.3 is 17.1 Å². The average molecular weight is 780 g/mol. The van der Waals surface area contributed by atoms with Gasteiger partial charge in [0.05, 0.1) is 56.1 Å². The molecule has 0 aliphatic heterocycles. The van der Waals surface area contributed by atoms with Crippen LogP contribution in [0.1, 0.15) is 76.0 Å². The summed E-state index contributed by atoms with van der Waals surface area (Å²) < 4.78 is 5.52. The molecule has 0 unspecified atom stereocenters. The van der Waals surface area contributed by atoms with E-state index in [1.807, 2.05) is 20.8 Å². The van der Waals surface area contributed by atoms with Gasteiger partial charge < -0.3 is 30.6 Å². The summed E-state index contributed by atoms with van der Waals surface area (Å²) in [6.07, 6.45) is 4.24. The van der Waals surface area contributed by atoms with Crippen molar-refractivity contribution in [2.45, 2.75) is 118 Å². The van der Waals surface area contributed by atoms with Gasteiger partial charge in [-0.1, -0.05) is 40.0 Å². The first-order valence-corrected chi connectivity index (χ1v) is 19.1. The van der Waals surface area contributed by atoms with Gasteiger partial charge in [-0.3, -0.25) is 46.7 Å². The quantitative estimate of drug-likeness (QED) is 0.0605. The van der Waals surface area contributed by atoms with Gasteiger partial charge in [0.15, 0.2) is 0 Å². The lowest BCUT2D eigenvalue weighted by Crippen LogP contribution is -2.46. The Morgan fingerprint density at radius 1 is 0.418 bits per heavy atom. The molecule has 19 nitrogen and oxygen atoms in total. The molecule has 3 aromatic heterocycles. The highest BCUT2D eigenvalue weighted by atomic mass is 16.3. The van der Waals surface area contributed by atoms with E-state index in [4.69, 9.17) is 0 Å². The fraction of sp³-hybridized carbons (Fsp3) is 0.667. The largest absolute Gasteiger partial charge is 0.494 e. The predicted molar refractivity (Wildman–Crippen MR) is 203 cm³/mol. The van der Waals surface area contributed by atoms with Crippen molar-refractivity contribution in [2.24, 2.45) is 0 Å². The Labute approximate surface area is 316 Å². The van der Waals surface area contributed by atoms with Crippen LogP contribution in [0.25, 0.3) is 0 Å². The van der Waals surface area contributed by atoms with Crippen LogP contribution in [0.4, 0.5) is 0 Å². The van der Waals surface area contributed by atoms with Gasteiger partial charge in [0.2, 0.25) is 17.6 Å². The minimum atomic E-state index is -0.868. The van der Waals surface area contributed by atoms with E-state index in [9.17, 15) is 59.4 Å². The summed E-state index contributed by atoms with van der Waals surface area (Å²) in [5.41, 5.74) is -4.72. The zero-order valence-corrected chi connectivity index (χ0v) is 32.1. The van der Waals surface area contributed by atoms with E-state index in [-0.39, 0.29) is 94.9 Å². The van der Waals surface area contributed by atoms with Crippen LogP contribution < -0.4 is 33.7 Å². The maximum atomic E-state index is 13.5. The van der Waals surface area contributed by atoms with Crippen molar-refractivity contribution in [3.05, 3.63) is 79.2 Å². The molecule has 0 saturated carbocycles. The first-order chi connectivity index (χ1) is 26.3. The van der Waals surface area contributed by atoms with Crippen LogP contribution in [0.3, 0.4) is 0 Å². The molecule has 0 amide bonds. The first kappa shape index (κ1) is 44.7. The third-order valence-corrected chi connectivity index (χ3v) is 9.70. The SMILES string of the molecule is CCCCc1c(O)n(CCN(CCn2c(O)c(CCCC)c(=O)n(CCO)c2=O)CCn2c(O)c(CCCC)c(=O)n(CCO)c2=O)c(=O)n(CCO)c1=O. The molecule has 19 heteroatoms. The van der Waals surface area contributed by atoms with Crippen LogP contribution in [0.5, 0.6) is 17.6 Å². The zero-order chi connectivity index (χ0) is 40.8. The summed E-state index contributed by atoms with van der Waals surface area (Å²) in [5, 5.41) is 62.3. The van der Waals surface area contributed by atoms with Crippen LogP contribution in [0, 0.1) is 0 Å². The van der Waals surface area contributed by atoms with E-state index in [2.05, 4.69) is 0 Å². The number of aromatic hydroxyl groups is 3. The monoisotopic (exact) mass is 779 g/mol. The number of hydrogen-bond donors (Lipinski definition) is 6. The van der Waals surface area contributed by atoms with Crippen molar-refractivity contribution in [3.8, 4) is 17.6 Å². The molecule has 0 atom stereocenters. The van der Waals surface area contributed by atoms with Crippen molar-refractivity contribution in [3.63, 3.8) is 0 Å². The minimum absolute atomic E-state index is 0.00546. The molecule has 0 radical (unpaired) electrons. The predicted octanol–water partition coefficient (Wildman–Crippen LogP) is -1.52. The Kier molecular flexibility index (Phi) is 17.4. The second-order valence-corrected chi connectivity index (χ2v) is 13.4. The van der Waals surface area contributed by atoms with Gasteiger partial charge in [-0.25, -0.2) is 14.4 Å². The maximum Gasteiger partial charge on any atom is 0.333 e. The second-order valence-electron chi connectivity index (χ2n) is 13.4. The van der Waals surface area contributed by atoms with Gasteiger partial charge in [0.25, 0.3) is 16.7 Å². The smallest absolute Gasteiger partial charge is 0.333 e. The first-order valence-electron chi connectivity index (χ1n) is 19.1. The maximum absolute atomic E-state index is 13.5.